The van der Waals surface area contributed by atoms with Gasteiger partial charge in [-0.25, -0.2) is 9.97 Å². The maximum Gasteiger partial charge on any atom is 0.190 e. The maximum absolute atomic E-state index is 16.6. The van der Waals surface area contributed by atoms with Crippen LogP contribution in [0.5, 0.6) is 0 Å². The fourth-order valence-corrected chi connectivity index (χ4v) is 10.8. The molecule has 0 aliphatic rings. The van der Waals surface area contributed by atoms with E-state index >= 15 is 4.57 Å². The van der Waals surface area contributed by atoms with Crippen LogP contribution in [0.2, 0.25) is 0 Å². The summed E-state index contributed by atoms with van der Waals surface area (Å²) in [6.45, 7) is 0. The molecule has 5 nitrogen and oxygen atoms in total. The molecule has 1 atom stereocenters. The number of nitrogens with zero attached hydrogens (tertiary/aromatic N) is 4. The van der Waals surface area contributed by atoms with Gasteiger partial charge in [-0.3, -0.25) is 9.38 Å². The third-order valence-corrected chi connectivity index (χ3v) is 13.4. The molecule has 4 aromatic heterocycles. The summed E-state index contributed by atoms with van der Waals surface area (Å²) in [5.41, 5.74) is 5.50. The fourth-order valence-electron chi connectivity index (χ4n) is 8.06. The number of aromatic nitrogens is 4. The second-order valence-electron chi connectivity index (χ2n) is 13.2. The SMILES string of the molecule is O=P(c1ccc2ccccc2c1)(c1ccc2ccc3cccnc3c2n1)c1cccc2nc3c4ccc5ccccc5c4c4ccccc4n3c12. The van der Waals surface area contributed by atoms with Crippen molar-refractivity contribution in [1.82, 2.24) is 19.4 Å². The van der Waals surface area contributed by atoms with Gasteiger partial charge < -0.3 is 4.57 Å². The summed E-state index contributed by atoms with van der Waals surface area (Å²) in [6, 6.07) is 53.8. The molecule has 11 rings (SSSR count). The lowest BCUT2D eigenvalue weighted by Crippen LogP contribution is -2.28. The van der Waals surface area contributed by atoms with E-state index in [9.17, 15) is 0 Å². The van der Waals surface area contributed by atoms with Crippen molar-refractivity contribution in [3.63, 3.8) is 0 Å². The molecule has 0 aliphatic heterocycles. The zero-order chi connectivity index (χ0) is 33.7. The van der Waals surface area contributed by atoms with Crippen LogP contribution in [0.25, 0.3) is 81.7 Å². The van der Waals surface area contributed by atoms with E-state index in [1.54, 1.807) is 6.20 Å². The Labute approximate surface area is 291 Å². The van der Waals surface area contributed by atoms with Crippen molar-refractivity contribution in [2.75, 3.05) is 0 Å². The van der Waals surface area contributed by atoms with Crippen molar-refractivity contribution in [1.29, 1.82) is 0 Å². The summed E-state index contributed by atoms with van der Waals surface area (Å²) < 4.78 is 18.9. The molecular weight excluding hydrogens is 643 g/mol. The average Bonchev–Trinajstić information content (AvgIpc) is 3.60. The number of imidazole rings is 1. The van der Waals surface area contributed by atoms with Gasteiger partial charge in [-0.15, -0.1) is 0 Å². The Bertz CT molecular complexity index is 3310. The number of hydrogen-bond donors (Lipinski definition) is 0. The number of para-hydroxylation sites is 2. The molecule has 0 spiro atoms. The quantitative estimate of drug-likeness (QED) is 0.139. The lowest BCUT2D eigenvalue weighted by molar-refractivity contribution is 0.592. The van der Waals surface area contributed by atoms with Gasteiger partial charge in [-0.05, 0) is 64.0 Å². The standard InChI is InChI=1S/C45H27N4OP/c50-51(33-23-20-28-9-1-2-11-32(28)27-33,40-25-22-31-19-18-30-12-8-26-46-42(30)43(31)48-40)39-17-7-15-37-44(39)49-38-16-6-5-14-35(38)41-34-13-4-3-10-29(34)21-24-36(41)45(49)47-37/h1-27H. The van der Waals surface area contributed by atoms with Crippen LogP contribution in [0, 0.1) is 0 Å². The van der Waals surface area contributed by atoms with Crippen molar-refractivity contribution in [3.05, 3.63) is 164 Å². The number of fused-ring (bicyclic) bond motifs is 14. The summed E-state index contributed by atoms with van der Waals surface area (Å²) in [7, 11) is -3.66. The van der Waals surface area contributed by atoms with Crippen LogP contribution in [-0.4, -0.2) is 19.4 Å². The van der Waals surface area contributed by atoms with E-state index in [-0.39, 0.29) is 0 Å². The van der Waals surface area contributed by atoms with Crippen LogP contribution in [-0.2, 0) is 4.57 Å². The first-order chi connectivity index (χ1) is 25.2. The van der Waals surface area contributed by atoms with Crippen molar-refractivity contribution in [3.8, 4) is 0 Å². The van der Waals surface area contributed by atoms with Crippen LogP contribution >= 0.6 is 7.14 Å². The van der Waals surface area contributed by atoms with Gasteiger partial charge in [0.2, 0.25) is 0 Å². The molecule has 4 heterocycles. The van der Waals surface area contributed by atoms with Gasteiger partial charge in [0.15, 0.2) is 7.14 Å². The van der Waals surface area contributed by atoms with Gasteiger partial charge in [0.1, 0.15) is 11.1 Å². The van der Waals surface area contributed by atoms with Gasteiger partial charge in [0, 0.05) is 43.7 Å². The Balaban J connectivity index is 1.31. The minimum atomic E-state index is -3.66. The highest BCUT2D eigenvalue weighted by atomic mass is 31.2. The Morgan fingerprint density at radius 3 is 2.12 bits per heavy atom. The first-order valence-electron chi connectivity index (χ1n) is 17.1. The number of hydrogen-bond acceptors (Lipinski definition) is 4. The molecule has 6 heteroatoms. The molecule has 7 aromatic carbocycles. The smallest absolute Gasteiger partial charge is 0.190 e. The molecule has 0 saturated heterocycles. The van der Waals surface area contributed by atoms with Gasteiger partial charge >= 0.3 is 0 Å². The summed E-state index contributed by atoms with van der Waals surface area (Å²) in [4.78, 5) is 15.3. The molecule has 0 radical (unpaired) electrons. The summed E-state index contributed by atoms with van der Waals surface area (Å²) in [5.74, 6) is 0. The highest BCUT2D eigenvalue weighted by Crippen LogP contribution is 2.46. The van der Waals surface area contributed by atoms with Crippen molar-refractivity contribution >= 4 is 105 Å². The number of rotatable bonds is 3. The summed E-state index contributed by atoms with van der Waals surface area (Å²) in [6.07, 6.45) is 1.79. The van der Waals surface area contributed by atoms with Crippen LogP contribution in [0.15, 0.2) is 164 Å². The first-order valence-corrected chi connectivity index (χ1v) is 18.8. The lowest BCUT2D eigenvalue weighted by atomic mass is 9.99. The molecule has 51 heavy (non-hydrogen) atoms. The Kier molecular flexibility index (Phi) is 5.87. The van der Waals surface area contributed by atoms with Gasteiger partial charge in [-0.2, -0.15) is 0 Å². The highest BCUT2D eigenvalue weighted by molar-refractivity contribution is 7.85. The minimum Gasteiger partial charge on any atom is -0.307 e. The Morgan fingerprint density at radius 2 is 1.22 bits per heavy atom. The van der Waals surface area contributed by atoms with E-state index in [1.807, 2.05) is 60.7 Å². The molecule has 238 valence electrons. The molecule has 0 fully saturated rings. The average molecular weight is 671 g/mol. The molecule has 0 bridgehead atoms. The van der Waals surface area contributed by atoms with Crippen LogP contribution in [0.1, 0.15) is 0 Å². The first kappa shape index (κ1) is 28.4. The molecule has 11 aromatic rings. The number of benzene rings is 7. The maximum atomic E-state index is 16.6. The highest BCUT2D eigenvalue weighted by Gasteiger charge is 2.35. The van der Waals surface area contributed by atoms with E-state index in [4.69, 9.17) is 15.0 Å². The van der Waals surface area contributed by atoms with Crippen LogP contribution in [0.3, 0.4) is 0 Å². The molecule has 0 aliphatic carbocycles. The van der Waals surface area contributed by atoms with Gasteiger partial charge in [0.05, 0.1) is 27.6 Å². The third-order valence-electron chi connectivity index (χ3n) is 10.4. The second kappa shape index (κ2) is 10.5. The monoisotopic (exact) mass is 670 g/mol. The normalized spacial score (nSPS) is 13.3. The van der Waals surface area contributed by atoms with Crippen LogP contribution < -0.4 is 16.0 Å². The van der Waals surface area contributed by atoms with E-state index in [0.29, 0.717) is 10.7 Å². The van der Waals surface area contributed by atoms with E-state index < -0.39 is 7.14 Å². The summed E-state index contributed by atoms with van der Waals surface area (Å²) in [5, 5.41) is 11.2. The van der Waals surface area contributed by atoms with Crippen molar-refractivity contribution < 1.29 is 4.57 Å². The minimum absolute atomic E-state index is 0.516. The summed E-state index contributed by atoms with van der Waals surface area (Å²) >= 11 is 0. The third kappa shape index (κ3) is 3.98. The topological polar surface area (TPSA) is 60.2 Å². The largest absolute Gasteiger partial charge is 0.307 e. The van der Waals surface area contributed by atoms with Crippen LogP contribution in [0.4, 0.5) is 0 Å². The van der Waals surface area contributed by atoms with E-state index in [1.165, 1.54) is 16.2 Å². The Hall–Kier alpha value is -6.42. The molecule has 0 saturated carbocycles. The fraction of sp³-hybridized carbons (Fsp3) is 0. The predicted molar refractivity (Wildman–Crippen MR) is 213 cm³/mol. The molecule has 0 amide bonds. The predicted octanol–water partition coefficient (Wildman–Crippen LogP) is 9.84. The molecule has 1 unspecified atom stereocenters. The zero-order valence-corrected chi connectivity index (χ0v) is 28.1. The zero-order valence-electron chi connectivity index (χ0n) is 27.2. The van der Waals surface area contributed by atoms with Crippen molar-refractivity contribution in [2.24, 2.45) is 0 Å². The molecular formula is C45H27N4OP. The lowest BCUT2D eigenvalue weighted by Gasteiger charge is -2.21. The molecule has 0 N–H and O–H groups in total. The van der Waals surface area contributed by atoms with E-state index in [2.05, 4.69) is 101 Å². The Morgan fingerprint density at radius 1 is 0.510 bits per heavy atom. The number of pyridine rings is 3. The van der Waals surface area contributed by atoms with Gasteiger partial charge in [0.25, 0.3) is 0 Å². The second-order valence-corrected chi connectivity index (χ2v) is 15.8. The van der Waals surface area contributed by atoms with E-state index in [0.717, 1.165) is 70.9 Å². The van der Waals surface area contributed by atoms with Crippen molar-refractivity contribution in [2.45, 2.75) is 0 Å². The van der Waals surface area contributed by atoms with Gasteiger partial charge in [-0.1, -0.05) is 115 Å².